The molecule has 0 bridgehead atoms. The van der Waals surface area contributed by atoms with Crippen LogP contribution in [0.4, 0.5) is 0 Å². The zero-order valence-corrected chi connectivity index (χ0v) is 11.0. The van der Waals surface area contributed by atoms with Gasteiger partial charge < -0.3 is 5.32 Å². The van der Waals surface area contributed by atoms with E-state index in [1.54, 1.807) is 0 Å². The molecule has 0 saturated carbocycles. The fourth-order valence-electron chi connectivity index (χ4n) is 1.13. The number of halogens is 1. The van der Waals surface area contributed by atoms with Crippen molar-refractivity contribution in [1.29, 1.82) is 0 Å². The van der Waals surface area contributed by atoms with Gasteiger partial charge in [-0.25, -0.2) is 9.97 Å². The first-order valence-electron chi connectivity index (χ1n) is 5.36. The number of nitrogens with one attached hydrogen (secondary N) is 1. The third-order valence-electron chi connectivity index (χ3n) is 2.04. The van der Waals surface area contributed by atoms with Crippen LogP contribution in [-0.2, 0) is 0 Å². The minimum Gasteiger partial charge on any atom is -0.347 e. The summed E-state index contributed by atoms with van der Waals surface area (Å²) in [5.41, 5.74) is 1.08. The van der Waals surface area contributed by atoms with Crippen LogP contribution in [0.15, 0.2) is 18.3 Å². The van der Waals surface area contributed by atoms with Crippen molar-refractivity contribution in [3.05, 3.63) is 34.9 Å². The molecule has 0 atom stereocenters. The standard InChI is InChI=1S/C12H16ClN3O/c1-7(2)5-15-12(17)10-9(13)6-14-11(16-10)8(3)4/h6,8H,1,5H2,2-4H3,(H,15,17). The largest absolute Gasteiger partial charge is 0.347 e. The minimum absolute atomic E-state index is 0.153. The molecule has 1 amide bonds. The number of aromatic nitrogens is 2. The van der Waals surface area contributed by atoms with Crippen LogP contribution in [0.2, 0.25) is 5.02 Å². The smallest absolute Gasteiger partial charge is 0.271 e. The lowest BCUT2D eigenvalue weighted by molar-refractivity contribution is 0.0951. The summed E-state index contributed by atoms with van der Waals surface area (Å²) < 4.78 is 0. The fraction of sp³-hybridized carbons (Fsp3) is 0.417. The quantitative estimate of drug-likeness (QED) is 0.839. The maximum Gasteiger partial charge on any atom is 0.271 e. The van der Waals surface area contributed by atoms with Crippen LogP contribution in [0.1, 0.15) is 43.0 Å². The fourth-order valence-corrected chi connectivity index (χ4v) is 1.31. The monoisotopic (exact) mass is 253 g/mol. The zero-order valence-electron chi connectivity index (χ0n) is 10.2. The lowest BCUT2D eigenvalue weighted by atomic mass is 10.2. The minimum atomic E-state index is -0.303. The molecule has 0 spiro atoms. The molecule has 4 nitrogen and oxygen atoms in total. The Bertz CT molecular complexity index is 443. The first-order valence-corrected chi connectivity index (χ1v) is 5.74. The summed E-state index contributed by atoms with van der Waals surface area (Å²) in [4.78, 5) is 20.1. The molecule has 1 aromatic heterocycles. The Morgan fingerprint density at radius 3 is 2.76 bits per heavy atom. The van der Waals surface area contributed by atoms with Crippen molar-refractivity contribution in [2.45, 2.75) is 26.7 Å². The predicted octanol–water partition coefficient (Wildman–Crippen LogP) is 2.56. The number of carbonyl (C=O) groups excluding carboxylic acids is 1. The lowest BCUT2D eigenvalue weighted by Crippen LogP contribution is -2.26. The van der Waals surface area contributed by atoms with Crippen molar-refractivity contribution in [2.75, 3.05) is 6.54 Å². The van der Waals surface area contributed by atoms with Crippen LogP contribution in [-0.4, -0.2) is 22.4 Å². The van der Waals surface area contributed by atoms with Crippen LogP contribution in [0.25, 0.3) is 0 Å². The molecule has 0 fully saturated rings. The maximum absolute atomic E-state index is 11.8. The number of nitrogens with zero attached hydrogens (tertiary/aromatic N) is 2. The van der Waals surface area contributed by atoms with Gasteiger partial charge in [0.15, 0.2) is 0 Å². The van der Waals surface area contributed by atoms with Crippen LogP contribution in [0.3, 0.4) is 0 Å². The molecule has 1 heterocycles. The molecule has 0 aliphatic carbocycles. The summed E-state index contributed by atoms with van der Waals surface area (Å²) in [6.07, 6.45) is 1.46. The van der Waals surface area contributed by atoms with E-state index < -0.39 is 0 Å². The van der Waals surface area contributed by atoms with Gasteiger partial charge in [0.1, 0.15) is 11.5 Å². The Morgan fingerprint density at radius 1 is 1.59 bits per heavy atom. The Morgan fingerprint density at radius 2 is 2.24 bits per heavy atom. The van der Waals surface area contributed by atoms with Gasteiger partial charge in [0.05, 0.1) is 11.2 Å². The summed E-state index contributed by atoms with van der Waals surface area (Å²) in [5, 5.41) is 2.95. The number of hydrogen-bond donors (Lipinski definition) is 1. The molecule has 5 heteroatoms. The molecule has 17 heavy (non-hydrogen) atoms. The van der Waals surface area contributed by atoms with Gasteiger partial charge in [0.2, 0.25) is 0 Å². The van der Waals surface area contributed by atoms with E-state index >= 15 is 0 Å². The van der Waals surface area contributed by atoms with Gasteiger partial charge in [0, 0.05) is 12.5 Å². The highest BCUT2D eigenvalue weighted by molar-refractivity contribution is 6.33. The van der Waals surface area contributed by atoms with Gasteiger partial charge in [-0.1, -0.05) is 37.6 Å². The molecule has 0 saturated heterocycles. The van der Waals surface area contributed by atoms with Gasteiger partial charge in [-0.2, -0.15) is 0 Å². The Labute approximate surface area is 106 Å². The van der Waals surface area contributed by atoms with Crippen molar-refractivity contribution >= 4 is 17.5 Å². The van der Waals surface area contributed by atoms with E-state index in [9.17, 15) is 4.79 Å². The highest BCUT2D eigenvalue weighted by Crippen LogP contribution is 2.16. The first kappa shape index (κ1) is 13.6. The van der Waals surface area contributed by atoms with E-state index in [2.05, 4.69) is 21.9 Å². The first-order chi connectivity index (χ1) is 7.91. The van der Waals surface area contributed by atoms with Crippen molar-refractivity contribution in [1.82, 2.24) is 15.3 Å². The highest BCUT2D eigenvalue weighted by Gasteiger charge is 2.14. The number of rotatable bonds is 4. The number of carbonyl (C=O) groups is 1. The van der Waals surface area contributed by atoms with Crippen molar-refractivity contribution in [3.8, 4) is 0 Å². The van der Waals surface area contributed by atoms with Crippen LogP contribution in [0, 0.1) is 0 Å². The number of amides is 1. The summed E-state index contributed by atoms with van der Waals surface area (Å²) >= 11 is 5.90. The molecule has 0 unspecified atom stereocenters. The van der Waals surface area contributed by atoms with Crippen molar-refractivity contribution < 1.29 is 4.79 Å². The van der Waals surface area contributed by atoms with Crippen LogP contribution >= 0.6 is 11.6 Å². The van der Waals surface area contributed by atoms with Crippen molar-refractivity contribution in [3.63, 3.8) is 0 Å². The second kappa shape index (κ2) is 5.77. The molecule has 0 aromatic carbocycles. The van der Waals surface area contributed by atoms with E-state index in [1.165, 1.54) is 6.20 Å². The molecule has 92 valence electrons. The molecule has 1 aromatic rings. The van der Waals surface area contributed by atoms with Gasteiger partial charge in [-0.05, 0) is 6.92 Å². The molecule has 1 rings (SSSR count). The topological polar surface area (TPSA) is 54.9 Å². The van der Waals surface area contributed by atoms with E-state index in [4.69, 9.17) is 11.6 Å². The SMILES string of the molecule is C=C(C)CNC(=O)c1nc(C(C)C)ncc1Cl. The lowest BCUT2D eigenvalue weighted by Gasteiger charge is -2.08. The van der Waals surface area contributed by atoms with E-state index in [0.717, 1.165) is 5.57 Å². The summed E-state index contributed by atoms with van der Waals surface area (Å²) in [7, 11) is 0. The van der Waals surface area contributed by atoms with Crippen LogP contribution in [0.5, 0.6) is 0 Å². The molecular weight excluding hydrogens is 238 g/mol. The van der Waals surface area contributed by atoms with E-state index in [-0.39, 0.29) is 22.5 Å². The number of hydrogen-bond acceptors (Lipinski definition) is 3. The second-order valence-corrected chi connectivity index (χ2v) is 4.63. The normalized spacial score (nSPS) is 10.4. The zero-order chi connectivity index (χ0) is 13.0. The van der Waals surface area contributed by atoms with E-state index in [0.29, 0.717) is 12.4 Å². The van der Waals surface area contributed by atoms with Gasteiger partial charge in [-0.3, -0.25) is 4.79 Å². The molecule has 0 aliphatic rings. The summed E-state index contributed by atoms with van der Waals surface area (Å²) in [5.74, 6) is 0.456. The van der Waals surface area contributed by atoms with Gasteiger partial charge in [-0.15, -0.1) is 0 Å². The summed E-state index contributed by atoms with van der Waals surface area (Å²) in [6.45, 7) is 9.87. The molecular formula is C12H16ClN3O. The average molecular weight is 254 g/mol. The van der Waals surface area contributed by atoms with Crippen molar-refractivity contribution in [2.24, 2.45) is 0 Å². The third kappa shape index (κ3) is 3.82. The highest BCUT2D eigenvalue weighted by atomic mass is 35.5. The van der Waals surface area contributed by atoms with E-state index in [1.807, 2.05) is 20.8 Å². The third-order valence-corrected chi connectivity index (χ3v) is 2.32. The molecule has 0 radical (unpaired) electrons. The van der Waals surface area contributed by atoms with Gasteiger partial charge >= 0.3 is 0 Å². The van der Waals surface area contributed by atoms with Gasteiger partial charge in [0.25, 0.3) is 5.91 Å². The van der Waals surface area contributed by atoms with Crippen LogP contribution < -0.4 is 5.32 Å². The second-order valence-electron chi connectivity index (χ2n) is 4.22. The summed E-state index contributed by atoms with van der Waals surface area (Å²) in [6, 6.07) is 0. The average Bonchev–Trinajstić information content (AvgIpc) is 2.26. The molecule has 1 N–H and O–H groups in total. The predicted molar refractivity (Wildman–Crippen MR) is 68.3 cm³/mol. The Hall–Kier alpha value is -1.42. The Kier molecular flexibility index (Phi) is 4.63. The Balaban J connectivity index is 2.92. The molecule has 0 aliphatic heterocycles. The maximum atomic E-state index is 11.8.